The molecule has 1 aromatic rings. The van der Waals surface area contributed by atoms with Gasteiger partial charge in [-0.1, -0.05) is 13.8 Å². The van der Waals surface area contributed by atoms with Gasteiger partial charge in [0.25, 0.3) is 0 Å². The average molecular weight is 341 g/mol. The van der Waals surface area contributed by atoms with Crippen LogP contribution in [0.5, 0.6) is 11.5 Å². The number of hydrogen-bond acceptors (Lipinski definition) is 4. The Labute approximate surface area is 149 Å². The van der Waals surface area contributed by atoms with E-state index in [0.717, 1.165) is 24.2 Å². The number of carbonyl (C=O) groups excluding carboxylic acids is 1. The van der Waals surface area contributed by atoms with Crippen LogP contribution in [0.3, 0.4) is 0 Å². The molecule has 3 aliphatic rings. The summed E-state index contributed by atoms with van der Waals surface area (Å²) in [6.45, 7) is 9.73. The van der Waals surface area contributed by atoms with E-state index in [9.17, 15) is 9.90 Å². The fraction of sp³-hybridized carbons (Fsp3) is 0.571. The number of hydrogen-bond donors (Lipinski definition) is 1. The maximum absolute atomic E-state index is 12.5. The molecule has 0 bridgehead atoms. The third kappa shape index (κ3) is 2.22. The number of phenolic OH excluding ortho intramolecular Hbond substituents is 1. The monoisotopic (exact) mass is 341 g/mol. The van der Waals surface area contributed by atoms with E-state index < -0.39 is 0 Å². The van der Waals surface area contributed by atoms with Crippen molar-refractivity contribution in [2.45, 2.75) is 46.6 Å². The Morgan fingerprint density at radius 2 is 2.08 bits per heavy atom. The van der Waals surface area contributed by atoms with Gasteiger partial charge >= 0.3 is 0 Å². The van der Waals surface area contributed by atoms with E-state index in [1.807, 2.05) is 12.1 Å². The first-order chi connectivity index (χ1) is 11.8. The molecule has 2 fully saturated rings. The predicted molar refractivity (Wildman–Crippen MR) is 96.6 cm³/mol. The van der Waals surface area contributed by atoms with Crippen LogP contribution in [0.2, 0.25) is 0 Å². The lowest BCUT2D eigenvalue weighted by Gasteiger charge is -2.39. The lowest BCUT2D eigenvalue weighted by Crippen LogP contribution is -2.34. The van der Waals surface area contributed by atoms with Gasteiger partial charge in [0.2, 0.25) is 0 Å². The van der Waals surface area contributed by atoms with Gasteiger partial charge in [-0.3, -0.25) is 4.79 Å². The minimum atomic E-state index is 0.166. The first-order valence-corrected chi connectivity index (χ1v) is 9.17. The predicted octanol–water partition coefficient (Wildman–Crippen LogP) is 3.84. The Kier molecular flexibility index (Phi) is 3.47. The third-order valence-electron chi connectivity index (χ3n) is 6.87. The van der Waals surface area contributed by atoms with Gasteiger partial charge in [0.1, 0.15) is 0 Å². The second-order valence-corrected chi connectivity index (χ2v) is 8.37. The highest BCUT2D eigenvalue weighted by atomic mass is 16.5. The van der Waals surface area contributed by atoms with Crippen LogP contribution in [0.25, 0.3) is 0 Å². The molecule has 2 aliphatic carbocycles. The number of ketones is 1. The molecule has 4 rings (SSSR count). The van der Waals surface area contributed by atoms with Crippen LogP contribution in [-0.4, -0.2) is 29.4 Å². The minimum Gasteiger partial charge on any atom is -0.504 e. The lowest BCUT2D eigenvalue weighted by atomic mass is 9.90. The molecule has 4 heteroatoms. The first kappa shape index (κ1) is 16.5. The SMILES string of the molecule is COc1cc2c(cc1O)CCN(/C(C)=C1\C(=O)C[C@@H]3[C@H]1C3(C)C)[C@@H]2C. The van der Waals surface area contributed by atoms with Gasteiger partial charge in [-0.05, 0) is 60.8 Å². The molecule has 0 radical (unpaired) electrons. The number of nitrogens with zero attached hydrogens (tertiary/aromatic N) is 1. The van der Waals surface area contributed by atoms with Gasteiger partial charge in [-0.2, -0.15) is 0 Å². The number of ether oxygens (including phenoxy) is 1. The molecule has 1 N–H and O–H groups in total. The fourth-order valence-electron chi connectivity index (χ4n) is 5.22. The molecular formula is C21H27NO3. The van der Waals surface area contributed by atoms with Crippen LogP contribution in [0, 0.1) is 17.3 Å². The highest BCUT2D eigenvalue weighted by Crippen LogP contribution is 2.68. The Bertz CT molecular complexity index is 793. The van der Waals surface area contributed by atoms with Gasteiger partial charge in [-0.15, -0.1) is 0 Å². The van der Waals surface area contributed by atoms with Crippen LogP contribution in [0.1, 0.15) is 51.3 Å². The number of methoxy groups -OCH3 is 1. The number of Topliss-reactive ketones (excluding diaryl/α,β-unsaturated/α-hetero) is 1. The summed E-state index contributed by atoms with van der Waals surface area (Å²) in [6, 6.07) is 3.94. The molecule has 4 nitrogen and oxygen atoms in total. The molecular weight excluding hydrogens is 314 g/mol. The molecule has 0 unspecified atom stereocenters. The standard InChI is InChI=1S/C21H27NO3/c1-11-14-9-18(25-5)16(23)8-13(14)6-7-22(11)12(2)19-17(24)10-15-20(19)21(15,3)4/h8-9,11,15,20,23H,6-7,10H2,1-5H3/b19-12+/t11-,15-,20-/m1/s1. The van der Waals surface area contributed by atoms with Gasteiger partial charge in [-0.25, -0.2) is 0 Å². The number of carbonyl (C=O) groups is 1. The van der Waals surface area contributed by atoms with Gasteiger partial charge in [0.15, 0.2) is 17.3 Å². The Morgan fingerprint density at radius 3 is 2.72 bits per heavy atom. The lowest BCUT2D eigenvalue weighted by molar-refractivity contribution is -0.115. The quantitative estimate of drug-likeness (QED) is 0.831. The summed E-state index contributed by atoms with van der Waals surface area (Å²) in [5.41, 5.74) is 4.83. The Balaban J connectivity index is 1.71. The number of benzene rings is 1. The zero-order chi connectivity index (χ0) is 18.1. The number of allylic oxidation sites excluding steroid dienone is 2. The van der Waals surface area contributed by atoms with Crippen molar-refractivity contribution in [3.8, 4) is 11.5 Å². The molecule has 25 heavy (non-hydrogen) atoms. The largest absolute Gasteiger partial charge is 0.504 e. The van der Waals surface area contributed by atoms with Crippen LogP contribution in [0.15, 0.2) is 23.4 Å². The number of aromatic hydroxyl groups is 1. The first-order valence-electron chi connectivity index (χ1n) is 9.17. The molecule has 3 atom stereocenters. The number of fused-ring (bicyclic) bond motifs is 2. The Morgan fingerprint density at radius 1 is 1.36 bits per heavy atom. The van der Waals surface area contributed by atoms with E-state index in [2.05, 4.69) is 32.6 Å². The summed E-state index contributed by atoms with van der Waals surface area (Å²) < 4.78 is 5.29. The third-order valence-corrected chi connectivity index (χ3v) is 6.87. The van der Waals surface area contributed by atoms with E-state index in [1.54, 1.807) is 7.11 Å². The van der Waals surface area contributed by atoms with Crippen molar-refractivity contribution < 1.29 is 14.6 Å². The topological polar surface area (TPSA) is 49.8 Å². The maximum Gasteiger partial charge on any atom is 0.161 e. The molecule has 134 valence electrons. The van der Waals surface area contributed by atoms with Gasteiger partial charge in [0, 0.05) is 24.2 Å². The summed E-state index contributed by atoms with van der Waals surface area (Å²) >= 11 is 0. The smallest absolute Gasteiger partial charge is 0.161 e. The number of rotatable bonds is 2. The molecule has 0 amide bonds. The van der Waals surface area contributed by atoms with Crippen molar-refractivity contribution in [1.29, 1.82) is 0 Å². The Hall–Kier alpha value is -1.97. The zero-order valence-electron chi connectivity index (χ0n) is 15.7. The van der Waals surface area contributed by atoms with E-state index >= 15 is 0 Å². The van der Waals surface area contributed by atoms with Crippen molar-refractivity contribution >= 4 is 5.78 Å². The summed E-state index contributed by atoms with van der Waals surface area (Å²) in [5, 5.41) is 10.0. The van der Waals surface area contributed by atoms with Crippen LogP contribution in [0.4, 0.5) is 0 Å². The average Bonchev–Trinajstić information content (AvgIpc) is 2.91. The molecule has 0 spiro atoms. The molecule has 2 saturated carbocycles. The molecule has 1 aliphatic heterocycles. The van der Waals surface area contributed by atoms with E-state index in [1.165, 1.54) is 11.1 Å². The normalized spacial score (nSPS) is 31.5. The highest BCUT2D eigenvalue weighted by molar-refractivity contribution is 6.01. The molecule has 0 saturated heterocycles. The van der Waals surface area contributed by atoms with Gasteiger partial charge in [0.05, 0.1) is 13.2 Å². The molecule has 0 aromatic heterocycles. The van der Waals surface area contributed by atoms with E-state index in [4.69, 9.17) is 4.74 Å². The van der Waals surface area contributed by atoms with Gasteiger partial charge < -0.3 is 14.7 Å². The minimum absolute atomic E-state index is 0.166. The van der Waals surface area contributed by atoms with Crippen LogP contribution in [-0.2, 0) is 11.2 Å². The zero-order valence-corrected chi connectivity index (χ0v) is 15.7. The maximum atomic E-state index is 12.5. The van der Waals surface area contributed by atoms with Crippen molar-refractivity contribution in [3.63, 3.8) is 0 Å². The van der Waals surface area contributed by atoms with Crippen molar-refractivity contribution in [2.24, 2.45) is 17.3 Å². The fourth-order valence-corrected chi connectivity index (χ4v) is 5.22. The summed E-state index contributed by atoms with van der Waals surface area (Å²) in [4.78, 5) is 14.9. The summed E-state index contributed by atoms with van der Waals surface area (Å²) in [7, 11) is 1.58. The van der Waals surface area contributed by atoms with E-state index in [0.29, 0.717) is 29.8 Å². The summed E-state index contributed by atoms with van der Waals surface area (Å²) in [5.74, 6) is 2.02. The molecule has 1 heterocycles. The molecule has 1 aromatic carbocycles. The second-order valence-electron chi connectivity index (χ2n) is 8.37. The van der Waals surface area contributed by atoms with Crippen LogP contribution < -0.4 is 4.74 Å². The highest BCUT2D eigenvalue weighted by Gasteiger charge is 2.65. The second kappa shape index (κ2) is 5.26. The van der Waals surface area contributed by atoms with Crippen LogP contribution >= 0.6 is 0 Å². The van der Waals surface area contributed by atoms with E-state index in [-0.39, 0.29) is 17.2 Å². The summed E-state index contributed by atoms with van der Waals surface area (Å²) in [6.07, 6.45) is 1.58. The van der Waals surface area contributed by atoms with Crippen molar-refractivity contribution in [2.75, 3.05) is 13.7 Å². The van der Waals surface area contributed by atoms with Crippen molar-refractivity contribution in [1.82, 2.24) is 4.90 Å². The van der Waals surface area contributed by atoms with Crippen molar-refractivity contribution in [3.05, 3.63) is 34.5 Å². The number of phenols is 1.